The second kappa shape index (κ2) is 18.9. The van der Waals surface area contributed by atoms with Crippen molar-refractivity contribution in [3.63, 3.8) is 0 Å². The van der Waals surface area contributed by atoms with Gasteiger partial charge in [0, 0.05) is 36.8 Å². The van der Waals surface area contributed by atoms with E-state index in [4.69, 9.17) is 14.9 Å². The number of hydrogen-bond donors (Lipinski definition) is 6. The summed E-state index contributed by atoms with van der Waals surface area (Å²) < 4.78 is 50.0. The van der Waals surface area contributed by atoms with Crippen LogP contribution in [0, 0.1) is 0 Å². The fraction of sp³-hybridized carbons (Fsp3) is 0.244. The van der Waals surface area contributed by atoms with E-state index in [9.17, 15) is 51.5 Å². The van der Waals surface area contributed by atoms with Gasteiger partial charge in [-0.2, -0.15) is 18.3 Å². The Morgan fingerprint density at radius 2 is 1.71 bits per heavy atom. The number of rotatable bonds is 17. The van der Waals surface area contributed by atoms with Crippen molar-refractivity contribution >= 4 is 58.8 Å². The largest absolute Gasteiger partial charge is 0.483 e. The first kappa shape index (κ1) is 44.6. The molecule has 1 fully saturated rings. The third-order valence-electron chi connectivity index (χ3n) is 9.80. The molecule has 0 radical (unpaired) electrons. The lowest BCUT2D eigenvalue weighted by molar-refractivity contribution is -0.136. The molecule has 5 heterocycles. The highest BCUT2D eigenvalue weighted by Gasteiger charge is 2.46. The van der Waals surface area contributed by atoms with Gasteiger partial charge in [0.2, 0.25) is 17.7 Å². The summed E-state index contributed by atoms with van der Waals surface area (Å²) in [5, 5.41) is 16.4. The molecule has 1 unspecified atom stereocenters. The standard InChI is InChI=1S/C41H36F3N11O10/c42-41(43,44)20-49-29-16-22(12-15-46-29)38-51-26(18-65-38)36(60)50-25-17-54(53-33(25)34(45)58)23-8-6-21(7-9-23)35(59)48-14-2-1-13-47-31(57)19-64-28-5-3-4-24-32(28)40(63)55(39(24)62)27-10-11-30(56)52-37(27)61/h3-9,12,15-18,27H,1-2,10-11,13-14,19-20H2,(H2,45,58)(H,46,49)(H,47,57)(H,48,59)(H,50,60)(H,52,56,61). The summed E-state index contributed by atoms with van der Waals surface area (Å²) in [6.45, 7) is -1.28. The van der Waals surface area contributed by atoms with E-state index >= 15 is 0 Å². The van der Waals surface area contributed by atoms with Crippen molar-refractivity contribution in [1.29, 1.82) is 0 Å². The minimum atomic E-state index is -4.47. The van der Waals surface area contributed by atoms with Gasteiger partial charge in [-0.3, -0.25) is 48.6 Å². The van der Waals surface area contributed by atoms with Gasteiger partial charge in [0.25, 0.3) is 35.4 Å². The molecule has 0 spiro atoms. The third-order valence-corrected chi connectivity index (χ3v) is 9.80. The second-order valence-corrected chi connectivity index (χ2v) is 14.4. The van der Waals surface area contributed by atoms with E-state index in [1.165, 1.54) is 71.7 Å². The van der Waals surface area contributed by atoms with Crippen molar-refractivity contribution in [3.8, 4) is 22.9 Å². The number of fused-ring (bicyclic) bond motifs is 1. The molecule has 0 bridgehead atoms. The normalized spacial score (nSPS) is 14.7. The number of hydrogen-bond acceptors (Lipinski definition) is 14. The summed E-state index contributed by atoms with van der Waals surface area (Å²) in [4.78, 5) is 110. The molecule has 8 amide bonds. The number of oxazole rings is 1. The van der Waals surface area contributed by atoms with E-state index in [0.29, 0.717) is 24.1 Å². The Kier molecular flexibility index (Phi) is 13.0. The van der Waals surface area contributed by atoms with Crippen LogP contribution in [0.1, 0.15) is 77.7 Å². The van der Waals surface area contributed by atoms with Gasteiger partial charge in [0.05, 0.1) is 28.7 Å². The number of aromatic nitrogens is 4. The molecular weight excluding hydrogens is 864 g/mol. The summed E-state index contributed by atoms with van der Waals surface area (Å²) in [5.74, 6) is -5.60. The maximum atomic E-state index is 13.2. The zero-order valence-corrected chi connectivity index (χ0v) is 33.7. The van der Waals surface area contributed by atoms with E-state index in [1.54, 1.807) is 0 Å². The van der Waals surface area contributed by atoms with E-state index < -0.39 is 72.6 Å². The zero-order chi connectivity index (χ0) is 46.4. The maximum Gasteiger partial charge on any atom is 0.405 e. The minimum absolute atomic E-state index is 0.00789. The number of piperidine rings is 1. The first-order valence-corrected chi connectivity index (χ1v) is 19.6. The van der Waals surface area contributed by atoms with Crippen LogP contribution in [0.15, 0.2) is 77.7 Å². The molecule has 2 aliphatic heterocycles. The van der Waals surface area contributed by atoms with Gasteiger partial charge in [-0.05, 0) is 67.8 Å². The molecule has 0 saturated carbocycles. The Labute approximate surface area is 364 Å². The molecule has 336 valence electrons. The zero-order valence-electron chi connectivity index (χ0n) is 33.7. The van der Waals surface area contributed by atoms with Crippen LogP contribution in [0.5, 0.6) is 5.75 Å². The molecule has 2 aromatic carbocycles. The summed E-state index contributed by atoms with van der Waals surface area (Å²) in [6, 6.07) is 11.9. The first-order chi connectivity index (χ1) is 31.1. The summed E-state index contributed by atoms with van der Waals surface area (Å²) in [6.07, 6.45) is 0.0244. The monoisotopic (exact) mass is 899 g/mol. The van der Waals surface area contributed by atoms with Gasteiger partial charge in [0.1, 0.15) is 30.4 Å². The Balaban J connectivity index is 0.849. The molecule has 0 aliphatic carbocycles. The second-order valence-electron chi connectivity index (χ2n) is 14.4. The van der Waals surface area contributed by atoms with Crippen molar-refractivity contribution in [3.05, 3.63) is 101 Å². The van der Waals surface area contributed by atoms with Crippen LogP contribution < -0.4 is 37.1 Å². The Bertz CT molecular complexity index is 2720. The Morgan fingerprint density at radius 3 is 2.43 bits per heavy atom. The van der Waals surface area contributed by atoms with Gasteiger partial charge in [0.15, 0.2) is 18.0 Å². The lowest BCUT2D eigenvalue weighted by Gasteiger charge is -2.27. The topological polar surface area (TPSA) is 292 Å². The fourth-order valence-electron chi connectivity index (χ4n) is 6.67. The van der Waals surface area contributed by atoms with E-state index in [2.05, 4.69) is 41.7 Å². The number of amides is 8. The number of alkyl halides is 3. The highest BCUT2D eigenvalue weighted by Crippen LogP contribution is 2.34. The molecule has 21 nitrogen and oxygen atoms in total. The first-order valence-electron chi connectivity index (χ1n) is 19.6. The van der Waals surface area contributed by atoms with Crippen LogP contribution in [0.2, 0.25) is 0 Å². The average Bonchev–Trinajstić information content (AvgIpc) is 4.01. The number of primary amides is 1. The summed E-state index contributed by atoms with van der Waals surface area (Å²) in [5.41, 5.74) is 5.77. The van der Waals surface area contributed by atoms with Crippen LogP contribution in [0.25, 0.3) is 17.1 Å². The highest BCUT2D eigenvalue weighted by atomic mass is 19.4. The molecule has 3 aromatic heterocycles. The fourth-order valence-corrected chi connectivity index (χ4v) is 6.67. The number of anilines is 2. The van der Waals surface area contributed by atoms with Gasteiger partial charge < -0.3 is 36.2 Å². The number of benzene rings is 2. The average molecular weight is 900 g/mol. The van der Waals surface area contributed by atoms with Crippen molar-refractivity contribution in [2.45, 2.75) is 37.9 Å². The number of ether oxygens (including phenoxy) is 1. The van der Waals surface area contributed by atoms with Gasteiger partial charge in [-0.25, -0.2) is 14.6 Å². The number of imide groups is 2. The quantitative estimate of drug-likeness (QED) is 0.0577. The number of unbranched alkanes of at least 4 members (excludes halogenated alkanes) is 1. The molecule has 65 heavy (non-hydrogen) atoms. The van der Waals surface area contributed by atoms with E-state index in [1.807, 2.05) is 0 Å². The Morgan fingerprint density at radius 1 is 0.954 bits per heavy atom. The Hall–Kier alpha value is -8.44. The smallest absolute Gasteiger partial charge is 0.405 e. The van der Waals surface area contributed by atoms with Crippen molar-refractivity contribution < 1.29 is 60.7 Å². The van der Waals surface area contributed by atoms with Gasteiger partial charge >= 0.3 is 6.18 Å². The number of nitrogens with one attached hydrogen (secondary N) is 5. The summed E-state index contributed by atoms with van der Waals surface area (Å²) in [7, 11) is 0. The lowest BCUT2D eigenvalue weighted by Crippen LogP contribution is -2.54. The summed E-state index contributed by atoms with van der Waals surface area (Å²) >= 11 is 0. The number of nitrogens with zero attached hydrogens (tertiary/aromatic N) is 5. The van der Waals surface area contributed by atoms with E-state index in [0.717, 1.165) is 11.2 Å². The van der Waals surface area contributed by atoms with Crippen LogP contribution in [0.4, 0.5) is 24.7 Å². The van der Waals surface area contributed by atoms with Crippen LogP contribution in [-0.2, 0) is 14.4 Å². The highest BCUT2D eigenvalue weighted by molar-refractivity contribution is 6.24. The molecule has 24 heteroatoms. The predicted molar refractivity (Wildman–Crippen MR) is 217 cm³/mol. The predicted octanol–water partition coefficient (Wildman–Crippen LogP) is 2.35. The van der Waals surface area contributed by atoms with Crippen molar-refractivity contribution in [1.82, 2.24) is 40.6 Å². The van der Waals surface area contributed by atoms with Gasteiger partial charge in [-0.15, -0.1) is 0 Å². The molecule has 1 atom stereocenters. The van der Waals surface area contributed by atoms with E-state index in [-0.39, 0.29) is 77.2 Å². The molecule has 7 N–H and O–H groups in total. The molecule has 2 aliphatic rings. The van der Waals surface area contributed by atoms with Crippen LogP contribution in [-0.4, -0.2) is 110 Å². The minimum Gasteiger partial charge on any atom is -0.483 e. The SMILES string of the molecule is NC(=O)c1nn(-c2ccc(C(=O)NCCCCNC(=O)COc3cccc4c3C(=O)N(C3CCC(=O)NC3=O)C4=O)cc2)cc1NC(=O)c1coc(-c2ccnc(NCC(F)(F)F)c2)n1. The molecule has 5 aromatic rings. The third kappa shape index (κ3) is 10.4. The van der Waals surface area contributed by atoms with Crippen LogP contribution >= 0.6 is 0 Å². The van der Waals surface area contributed by atoms with Crippen molar-refractivity contribution in [2.24, 2.45) is 5.73 Å². The van der Waals surface area contributed by atoms with Crippen LogP contribution in [0.3, 0.4) is 0 Å². The molecule has 1 saturated heterocycles. The maximum absolute atomic E-state index is 13.2. The number of pyridine rings is 1. The number of carbonyl (C=O) groups is 8. The molecular formula is C41H36F3N11O10. The number of halogens is 3. The number of nitrogens with two attached hydrogens (primary N) is 1. The van der Waals surface area contributed by atoms with Crippen molar-refractivity contribution in [2.75, 3.05) is 36.9 Å². The number of carbonyl (C=O) groups excluding carboxylic acids is 8. The van der Waals surface area contributed by atoms with Gasteiger partial charge in [-0.1, -0.05) is 6.07 Å². The molecule has 7 rings (SSSR count). The lowest BCUT2D eigenvalue weighted by atomic mass is 10.0.